The van der Waals surface area contributed by atoms with Gasteiger partial charge in [-0.3, -0.25) is 24.1 Å². The molecule has 2 saturated heterocycles. The van der Waals surface area contributed by atoms with Crippen LogP contribution in [0.2, 0.25) is 5.02 Å². The Morgan fingerprint density at radius 3 is 1.93 bits per heavy atom. The molecule has 7 nitrogen and oxygen atoms in total. The van der Waals surface area contributed by atoms with Gasteiger partial charge in [-0.05, 0) is 37.1 Å². The number of fused-ring (bicyclic) bond motifs is 1. The van der Waals surface area contributed by atoms with Crippen molar-refractivity contribution in [3.63, 3.8) is 0 Å². The fraction of sp³-hybridized carbons (Fsp3) is 0.524. The Labute approximate surface area is 174 Å². The summed E-state index contributed by atoms with van der Waals surface area (Å²) in [5, 5.41) is 0.572. The van der Waals surface area contributed by atoms with Crippen LogP contribution in [0.3, 0.4) is 0 Å². The fourth-order valence-electron chi connectivity index (χ4n) is 4.56. The number of imide groups is 1. The average molecular weight is 418 g/mol. The SMILES string of the molecule is O=C(CN1C(=O)[C@H]2CCCC[C@@H]2C1=O)N1CCN(C(=O)c2ccc(Cl)cc2)CC1. The number of piperazine rings is 1. The molecule has 0 N–H and O–H groups in total. The molecular weight excluding hydrogens is 394 g/mol. The van der Waals surface area contributed by atoms with Crippen molar-refractivity contribution in [2.75, 3.05) is 32.7 Å². The summed E-state index contributed by atoms with van der Waals surface area (Å²) in [4.78, 5) is 54.9. The third-order valence-electron chi connectivity index (χ3n) is 6.24. The fourth-order valence-corrected chi connectivity index (χ4v) is 4.68. The number of nitrogens with zero attached hydrogens (tertiary/aromatic N) is 3. The molecule has 1 aromatic carbocycles. The standard InChI is InChI=1S/C21H24ClN3O4/c22-15-7-5-14(6-8-15)19(27)24-11-9-23(10-12-24)18(26)13-25-20(28)16-3-1-2-4-17(16)21(25)29/h5-8,16-17H,1-4,9-13H2/t16-,17-/m0/s1. The second-order valence-electron chi connectivity index (χ2n) is 7.94. The molecule has 1 aromatic rings. The summed E-state index contributed by atoms with van der Waals surface area (Å²) in [6.45, 7) is 1.43. The van der Waals surface area contributed by atoms with E-state index in [1.807, 2.05) is 0 Å². The highest BCUT2D eigenvalue weighted by Gasteiger charge is 2.48. The summed E-state index contributed by atoms with van der Waals surface area (Å²) in [6, 6.07) is 6.73. The first-order chi connectivity index (χ1) is 14.0. The van der Waals surface area contributed by atoms with Crippen LogP contribution in [0, 0.1) is 11.8 Å². The molecule has 29 heavy (non-hydrogen) atoms. The van der Waals surface area contributed by atoms with E-state index >= 15 is 0 Å². The third-order valence-corrected chi connectivity index (χ3v) is 6.49. The Balaban J connectivity index is 1.32. The molecule has 4 rings (SSSR count). The summed E-state index contributed by atoms with van der Waals surface area (Å²) < 4.78 is 0. The molecule has 1 saturated carbocycles. The van der Waals surface area contributed by atoms with Gasteiger partial charge < -0.3 is 9.80 Å². The van der Waals surface area contributed by atoms with Crippen LogP contribution in [-0.2, 0) is 14.4 Å². The molecule has 154 valence electrons. The predicted molar refractivity (Wildman–Crippen MR) is 106 cm³/mol. The van der Waals surface area contributed by atoms with Crippen LogP contribution < -0.4 is 0 Å². The summed E-state index contributed by atoms with van der Waals surface area (Å²) in [7, 11) is 0. The van der Waals surface area contributed by atoms with Crippen LogP contribution in [0.4, 0.5) is 0 Å². The number of carbonyl (C=O) groups excluding carboxylic acids is 4. The lowest BCUT2D eigenvalue weighted by Gasteiger charge is -2.35. The van der Waals surface area contributed by atoms with E-state index in [1.165, 1.54) is 0 Å². The monoisotopic (exact) mass is 417 g/mol. The molecule has 0 bridgehead atoms. The summed E-state index contributed by atoms with van der Waals surface area (Å²) in [5.41, 5.74) is 0.560. The van der Waals surface area contributed by atoms with E-state index < -0.39 is 0 Å². The summed E-state index contributed by atoms with van der Waals surface area (Å²) in [6.07, 6.45) is 3.41. The molecule has 1 aliphatic carbocycles. The molecule has 8 heteroatoms. The normalized spacial score (nSPS) is 24.7. The Morgan fingerprint density at radius 2 is 1.38 bits per heavy atom. The Hall–Kier alpha value is -2.41. The number of hydrogen-bond donors (Lipinski definition) is 0. The average Bonchev–Trinajstić information content (AvgIpc) is 2.99. The zero-order chi connectivity index (χ0) is 20.5. The highest BCUT2D eigenvalue weighted by molar-refractivity contribution is 6.30. The van der Waals surface area contributed by atoms with Gasteiger partial charge in [0.25, 0.3) is 5.91 Å². The van der Waals surface area contributed by atoms with Crippen molar-refractivity contribution in [2.45, 2.75) is 25.7 Å². The Morgan fingerprint density at radius 1 is 0.862 bits per heavy atom. The molecule has 0 aromatic heterocycles. The molecule has 0 spiro atoms. The van der Waals surface area contributed by atoms with Gasteiger partial charge in [0, 0.05) is 36.8 Å². The number of rotatable bonds is 3. The number of likely N-dealkylation sites (tertiary alicyclic amines) is 1. The maximum atomic E-state index is 12.7. The van der Waals surface area contributed by atoms with Crippen LogP contribution >= 0.6 is 11.6 Å². The van der Waals surface area contributed by atoms with Gasteiger partial charge in [0.15, 0.2) is 0 Å². The molecule has 0 unspecified atom stereocenters. The van der Waals surface area contributed by atoms with E-state index in [0.717, 1.165) is 30.6 Å². The summed E-state index contributed by atoms with van der Waals surface area (Å²) in [5.74, 6) is -1.18. The number of benzene rings is 1. The first-order valence-electron chi connectivity index (χ1n) is 10.1. The molecule has 3 fully saturated rings. The van der Waals surface area contributed by atoms with E-state index in [2.05, 4.69) is 0 Å². The number of amides is 4. The minimum atomic E-state index is -0.238. The van der Waals surface area contributed by atoms with Gasteiger partial charge in [0.1, 0.15) is 6.54 Å². The number of halogens is 1. The Bertz CT molecular complexity index is 809. The highest BCUT2D eigenvalue weighted by atomic mass is 35.5. The van der Waals surface area contributed by atoms with E-state index in [-0.39, 0.29) is 42.0 Å². The lowest BCUT2D eigenvalue weighted by Crippen LogP contribution is -2.53. The van der Waals surface area contributed by atoms with E-state index in [9.17, 15) is 19.2 Å². The van der Waals surface area contributed by atoms with Crippen LogP contribution in [0.5, 0.6) is 0 Å². The lowest BCUT2D eigenvalue weighted by molar-refractivity contribution is -0.147. The Kier molecular flexibility index (Phi) is 5.58. The van der Waals surface area contributed by atoms with Crippen molar-refractivity contribution in [3.8, 4) is 0 Å². The second kappa shape index (κ2) is 8.14. The lowest BCUT2D eigenvalue weighted by atomic mass is 9.81. The van der Waals surface area contributed by atoms with Crippen molar-refractivity contribution >= 4 is 35.2 Å². The van der Waals surface area contributed by atoms with Crippen molar-refractivity contribution < 1.29 is 19.2 Å². The van der Waals surface area contributed by atoms with Crippen molar-refractivity contribution in [2.24, 2.45) is 11.8 Å². The smallest absolute Gasteiger partial charge is 0.253 e. The zero-order valence-corrected chi connectivity index (χ0v) is 16.9. The maximum Gasteiger partial charge on any atom is 0.253 e. The molecule has 2 heterocycles. The van der Waals surface area contributed by atoms with Crippen molar-refractivity contribution in [3.05, 3.63) is 34.9 Å². The van der Waals surface area contributed by atoms with Crippen molar-refractivity contribution in [1.82, 2.24) is 14.7 Å². The van der Waals surface area contributed by atoms with Gasteiger partial charge in [-0.15, -0.1) is 0 Å². The van der Waals surface area contributed by atoms with Gasteiger partial charge in [0.05, 0.1) is 11.8 Å². The third kappa shape index (κ3) is 3.88. The summed E-state index contributed by atoms with van der Waals surface area (Å²) >= 11 is 5.87. The second-order valence-corrected chi connectivity index (χ2v) is 8.38. The van der Waals surface area contributed by atoms with E-state index in [0.29, 0.717) is 36.8 Å². The molecule has 0 radical (unpaired) electrons. The molecule has 4 amide bonds. The first kappa shape index (κ1) is 19.9. The topological polar surface area (TPSA) is 78.0 Å². The van der Waals surface area contributed by atoms with Crippen molar-refractivity contribution in [1.29, 1.82) is 0 Å². The van der Waals surface area contributed by atoms with Gasteiger partial charge in [-0.1, -0.05) is 24.4 Å². The highest BCUT2D eigenvalue weighted by Crippen LogP contribution is 2.37. The van der Waals surface area contributed by atoms with Gasteiger partial charge in [0.2, 0.25) is 17.7 Å². The van der Waals surface area contributed by atoms with Crippen LogP contribution in [0.25, 0.3) is 0 Å². The largest absolute Gasteiger partial charge is 0.338 e. The van der Waals surface area contributed by atoms with Gasteiger partial charge >= 0.3 is 0 Å². The molecule has 3 aliphatic rings. The first-order valence-corrected chi connectivity index (χ1v) is 10.5. The maximum absolute atomic E-state index is 12.7. The zero-order valence-electron chi connectivity index (χ0n) is 16.2. The number of hydrogen-bond acceptors (Lipinski definition) is 4. The van der Waals surface area contributed by atoms with Crippen LogP contribution in [-0.4, -0.2) is 71.1 Å². The van der Waals surface area contributed by atoms with Gasteiger partial charge in [-0.25, -0.2) is 0 Å². The minimum absolute atomic E-state index is 0.0947. The molecule has 2 atom stereocenters. The number of carbonyl (C=O) groups is 4. The molecule has 2 aliphatic heterocycles. The van der Waals surface area contributed by atoms with E-state index in [1.54, 1.807) is 34.1 Å². The van der Waals surface area contributed by atoms with Crippen LogP contribution in [0.1, 0.15) is 36.0 Å². The van der Waals surface area contributed by atoms with E-state index in [4.69, 9.17) is 11.6 Å². The predicted octanol–water partition coefficient (Wildman–Crippen LogP) is 1.80. The van der Waals surface area contributed by atoms with Crippen LogP contribution in [0.15, 0.2) is 24.3 Å². The minimum Gasteiger partial charge on any atom is -0.338 e. The quantitative estimate of drug-likeness (QED) is 0.702. The molecular formula is C21H24ClN3O4. The van der Waals surface area contributed by atoms with Gasteiger partial charge in [-0.2, -0.15) is 0 Å².